The summed E-state index contributed by atoms with van der Waals surface area (Å²) in [6, 6.07) is 14.6. The second-order valence-electron chi connectivity index (χ2n) is 6.45. The van der Waals surface area contributed by atoms with E-state index in [0.29, 0.717) is 23.9 Å². The Kier molecular flexibility index (Phi) is 7.40. The lowest BCUT2D eigenvalue weighted by Crippen LogP contribution is -2.23. The molecule has 0 saturated carbocycles. The average molecular weight is 423 g/mol. The lowest BCUT2D eigenvalue weighted by Gasteiger charge is -2.14. The largest absolute Gasteiger partial charge is 0.485 e. The van der Waals surface area contributed by atoms with Gasteiger partial charge in [-0.05, 0) is 61.0 Å². The standard InChI is InChI=1S/C22H22N4O3S/c1-15(30-19-7-5-18(6-8-19)25-16(2)27)22(28)26-21-20(4-3-11-24-21)29-14-17-9-12-23-13-10-17/h3-13,15H,14H2,1-2H3,(H,25,27)(H,24,26,28). The molecule has 0 aliphatic rings. The van der Waals surface area contributed by atoms with Gasteiger partial charge < -0.3 is 15.4 Å². The van der Waals surface area contributed by atoms with Crippen molar-refractivity contribution in [1.82, 2.24) is 9.97 Å². The molecule has 154 valence electrons. The number of nitrogens with one attached hydrogen (secondary N) is 2. The molecule has 30 heavy (non-hydrogen) atoms. The maximum absolute atomic E-state index is 12.7. The predicted molar refractivity (Wildman–Crippen MR) is 118 cm³/mol. The molecular formula is C22H22N4O3S. The van der Waals surface area contributed by atoms with E-state index in [2.05, 4.69) is 20.6 Å². The molecule has 0 spiro atoms. The molecule has 0 saturated heterocycles. The Morgan fingerprint density at radius 3 is 2.47 bits per heavy atom. The summed E-state index contributed by atoms with van der Waals surface area (Å²) in [6.45, 7) is 3.63. The second-order valence-corrected chi connectivity index (χ2v) is 7.86. The van der Waals surface area contributed by atoms with Gasteiger partial charge in [0.25, 0.3) is 0 Å². The molecule has 0 fully saturated rings. The summed E-state index contributed by atoms with van der Waals surface area (Å²) in [5, 5.41) is 5.20. The van der Waals surface area contributed by atoms with E-state index in [1.54, 1.807) is 42.9 Å². The van der Waals surface area contributed by atoms with Gasteiger partial charge >= 0.3 is 0 Å². The molecule has 0 radical (unpaired) electrons. The van der Waals surface area contributed by atoms with Crippen molar-refractivity contribution >= 4 is 35.1 Å². The van der Waals surface area contributed by atoms with Crippen molar-refractivity contribution in [3.8, 4) is 5.75 Å². The summed E-state index contributed by atoms with van der Waals surface area (Å²) in [7, 11) is 0. The fourth-order valence-electron chi connectivity index (χ4n) is 2.54. The summed E-state index contributed by atoms with van der Waals surface area (Å²) in [4.78, 5) is 32.9. The fraction of sp³-hybridized carbons (Fsp3) is 0.182. The van der Waals surface area contributed by atoms with Gasteiger partial charge in [-0.15, -0.1) is 11.8 Å². The minimum Gasteiger partial charge on any atom is -0.485 e. The minimum absolute atomic E-state index is 0.125. The molecule has 2 N–H and O–H groups in total. The second kappa shape index (κ2) is 10.4. The average Bonchev–Trinajstić information content (AvgIpc) is 2.75. The smallest absolute Gasteiger partial charge is 0.238 e. The molecule has 2 amide bonds. The Balaban J connectivity index is 1.59. The zero-order chi connectivity index (χ0) is 21.3. The number of rotatable bonds is 8. The first-order valence-corrected chi connectivity index (χ1v) is 10.2. The molecule has 1 aromatic carbocycles. The maximum Gasteiger partial charge on any atom is 0.238 e. The van der Waals surface area contributed by atoms with Crippen LogP contribution in [0.1, 0.15) is 19.4 Å². The summed E-state index contributed by atoms with van der Waals surface area (Å²) < 4.78 is 5.82. The van der Waals surface area contributed by atoms with Crippen LogP contribution < -0.4 is 15.4 Å². The molecule has 3 aromatic rings. The number of anilines is 2. The van der Waals surface area contributed by atoms with Crippen LogP contribution in [-0.4, -0.2) is 27.0 Å². The highest BCUT2D eigenvalue weighted by Crippen LogP contribution is 2.27. The Bertz CT molecular complexity index is 997. The van der Waals surface area contributed by atoms with E-state index in [0.717, 1.165) is 10.5 Å². The highest BCUT2D eigenvalue weighted by Gasteiger charge is 2.17. The van der Waals surface area contributed by atoms with Crippen molar-refractivity contribution in [3.05, 3.63) is 72.7 Å². The van der Waals surface area contributed by atoms with Crippen LogP contribution in [0.3, 0.4) is 0 Å². The number of hydrogen-bond donors (Lipinski definition) is 2. The van der Waals surface area contributed by atoms with Gasteiger partial charge in [-0.1, -0.05) is 0 Å². The van der Waals surface area contributed by atoms with Gasteiger partial charge in [0, 0.05) is 36.1 Å². The Morgan fingerprint density at radius 2 is 1.77 bits per heavy atom. The molecule has 8 heteroatoms. The number of pyridine rings is 2. The van der Waals surface area contributed by atoms with Crippen molar-refractivity contribution in [2.45, 2.75) is 30.6 Å². The quantitative estimate of drug-likeness (QED) is 0.530. The van der Waals surface area contributed by atoms with Gasteiger partial charge in [-0.2, -0.15) is 0 Å². The number of carbonyl (C=O) groups excluding carboxylic acids is 2. The van der Waals surface area contributed by atoms with Crippen molar-refractivity contribution in [2.24, 2.45) is 0 Å². The van der Waals surface area contributed by atoms with Crippen LogP contribution >= 0.6 is 11.8 Å². The van der Waals surface area contributed by atoms with Gasteiger partial charge in [0.2, 0.25) is 11.8 Å². The fourth-order valence-corrected chi connectivity index (χ4v) is 3.40. The third-order valence-electron chi connectivity index (χ3n) is 4.01. The number of nitrogens with zero attached hydrogens (tertiary/aromatic N) is 2. The topological polar surface area (TPSA) is 93.2 Å². The first kappa shape index (κ1) is 21.3. The number of hydrogen-bond acceptors (Lipinski definition) is 6. The number of ether oxygens (including phenoxy) is 1. The number of aromatic nitrogens is 2. The van der Waals surface area contributed by atoms with Crippen LogP contribution in [0.25, 0.3) is 0 Å². The monoisotopic (exact) mass is 422 g/mol. The van der Waals surface area contributed by atoms with Gasteiger partial charge in [-0.3, -0.25) is 14.6 Å². The lowest BCUT2D eigenvalue weighted by atomic mass is 10.3. The van der Waals surface area contributed by atoms with Crippen molar-refractivity contribution < 1.29 is 14.3 Å². The van der Waals surface area contributed by atoms with E-state index < -0.39 is 0 Å². The van der Waals surface area contributed by atoms with Gasteiger partial charge in [0.15, 0.2) is 11.6 Å². The normalized spacial score (nSPS) is 11.4. The zero-order valence-corrected chi connectivity index (χ0v) is 17.5. The summed E-state index contributed by atoms with van der Waals surface area (Å²) >= 11 is 1.41. The van der Waals surface area contributed by atoms with E-state index in [4.69, 9.17) is 4.74 Å². The van der Waals surface area contributed by atoms with Crippen LogP contribution in [0.2, 0.25) is 0 Å². The number of benzene rings is 1. The SMILES string of the molecule is CC(=O)Nc1ccc(SC(C)C(=O)Nc2ncccc2OCc2ccncc2)cc1. The Labute approximate surface area is 179 Å². The molecule has 1 unspecified atom stereocenters. The molecule has 0 bridgehead atoms. The van der Waals surface area contributed by atoms with Crippen LogP contribution in [0.4, 0.5) is 11.5 Å². The van der Waals surface area contributed by atoms with Crippen molar-refractivity contribution in [2.75, 3.05) is 10.6 Å². The number of thioether (sulfide) groups is 1. The zero-order valence-electron chi connectivity index (χ0n) is 16.7. The number of amides is 2. The molecule has 7 nitrogen and oxygen atoms in total. The highest BCUT2D eigenvalue weighted by atomic mass is 32.2. The van der Waals surface area contributed by atoms with Gasteiger partial charge in [-0.25, -0.2) is 4.98 Å². The summed E-state index contributed by atoms with van der Waals surface area (Å²) in [6.07, 6.45) is 5.01. The lowest BCUT2D eigenvalue weighted by molar-refractivity contribution is -0.115. The van der Waals surface area contributed by atoms with Gasteiger partial charge in [0.1, 0.15) is 6.61 Å². The van der Waals surface area contributed by atoms with Crippen LogP contribution in [-0.2, 0) is 16.2 Å². The summed E-state index contributed by atoms with van der Waals surface area (Å²) in [5.74, 6) is 0.573. The van der Waals surface area contributed by atoms with E-state index in [-0.39, 0.29) is 17.1 Å². The van der Waals surface area contributed by atoms with Crippen molar-refractivity contribution in [1.29, 1.82) is 0 Å². The van der Waals surface area contributed by atoms with E-state index in [9.17, 15) is 9.59 Å². The van der Waals surface area contributed by atoms with Crippen LogP contribution in [0.5, 0.6) is 5.75 Å². The highest BCUT2D eigenvalue weighted by molar-refractivity contribution is 8.00. The molecule has 1 atom stereocenters. The van der Waals surface area contributed by atoms with E-state index in [1.165, 1.54) is 18.7 Å². The van der Waals surface area contributed by atoms with Crippen molar-refractivity contribution in [3.63, 3.8) is 0 Å². The molecule has 3 rings (SSSR count). The van der Waals surface area contributed by atoms with E-state index >= 15 is 0 Å². The van der Waals surface area contributed by atoms with Gasteiger partial charge in [0.05, 0.1) is 5.25 Å². The Hall–Kier alpha value is -3.39. The third kappa shape index (κ3) is 6.31. The first-order valence-electron chi connectivity index (χ1n) is 9.33. The van der Waals surface area contributed by atoms with Crippen LogP contribution in [0, 0.1) is 0 Å². The molecule has 0 aliphatic carbocycles. The molecule has 2 heterocycles. The number of carbonyl (C=O) groups is 2. The molecular weight excluding hydrogens is 400 g/mol. The first-order chi connectivity index (χ1) is 14.5. The van der Waals surface area contributed by atoms with E-state index in [1.807, 2.05) is 31.2 Å². The summed E-state index contributed by atoms with van der Waals surface area (Å²) in [5.41, 5.74) is 1.69. The Morgan fingerprint density at radius 1 is 1.03 bits per heavy atom. The van der Waals surface area contributed by atoms with Crippen LogP contribution in [0.15, 0.2) is 72.0 Å². The molecule has 2 aromatic heterocycles. The maximum atomic E-state index is 12.7. The molecule has 0 aliphatic heterocycles. The minimum atomic E-state index is -0.355. The third-order valence-corrected chi connectivity index (χ3v) is 5.12. The predicted octanol–water partition coefficient (Wildman–Crippen LogP) is 4.13.